The number of rotatable bonds is 3. The van der Waals surface area contributed by atoms with Crippen molar-refractivity contribution in [2.45, 2.75) is 0 Å². The van der Waals surface area contributed by atoms with Crippen molar-refractivity contribution in [3.8, 4) is 22.6 Å². The molecular formula is C17H13ClN2O2. The van der Waals surface area contributed by atoms with E-state index < -0.39 is 5.97 Å². The average Bonchev–Trinajstić information content (AvgIpc) is 2.86. The molecule has 4 nitrogen and oxygen atoms in total. The number of aromatic carboxylic acids is 1. The number of nitrogens with zero attached hydrogens (tertiary/aromatic N) is 2. The van der Waals surface area contributed by atoms with Crippen LogP contribution in [0.2, 0.25) is 5.02 Å². The number of imidazole rings is 1. The Morgan fingerprint density at radius 2 is 1.73 bits per heavy atom. The maximum absolute atomic E-state index is 11.6. The fourth-order valence-electron chi connectivity index (χ4n) is 2.45. The van der Waals surface area contributed by atoms with Crippen LogP contribution in [-0.4, -0.2) is 20.6 Å². The Balaban J connectivity index is 2.29. The van der Waals surface area contributed by atoms with Crippen LogP contribution in [0.25, 0.3) is 22.6 Å². The van der Waals surface area contributed by atoms with Gasteiger partial charge in [-0.05, 0) is 6.07 Å². The summed E-state index contributed by atoms with van der Waals surface area (Å²) >= 11 is 6.23. The minimum absolute atomic E-state index is 0.00514. The minimum Gasteiger partial charge on any atom is -0.476 e. The summed E-state index contributed by atoms with van der Waals surface area (Å²) < 4.78 is 1.76. The SMILES string of the molecule is Cn1c(-c2ccccc2)nc(C(=O)O)c1-c1ccccc1Cl. The molecule has 0 bridgehead atoms. The van der Waals surface area contributed by atoms with Gasteiger partial charge in [-0.2, -0.15) is 0 Å². The largest absolute Gasteiger partial charge is 0.476 e. The Morgan fingerprint density at radius 1 is 1.09 bits per heavy atom. The van der Waals surface area contributed by atoms with Gasteiger partial charge in [-0.1, -0.05) is 60.1 Å². The molecule has 0 saturated heterocycles. The van der Waals surface area contributed by atoms with Crippen LogP contribution in [0.5, 0.6) is 0 Å². The van der Waals surface area contributed by atoms with E-state index in [4.69, 9.17) is 11.6 Å². The first-order valence-corrected chi connectivity index (χ1v) is 7.07. The highest BCUT2D eigenvalue weighted by atomic mass is 35.5. The quantitative estimate of drug-likeness (QED) is 0.792. The molecule has 1 aromatic heterocycles. The number of carboxylic acid groups (broad SMARTS) is 1. The molecule has 0 spiro atoms. The van der Waals surface area contributed by atoms with Crippen molar-refractivity contribution < 1.29 is 9.90 Å². The second kappa shape index (κ2) is 5.66. The van der Waals surface area contributed by atoms with Crippen LogP contribution < -0.4 is 0 Å². The van der Waals surface area contributed by atoms with Crippen molar-refractivity contribution in [2.24, 2.45) is 7.05 Å². The van der Waals surface area contributed by atoms with Crippen LogP contribution in [0.3, 0.4) is 0 Å². The molecule has 0 aliphatic heterocycles. The monoisotopic (exact) mass is 312 g/mol. The molecule has 22 heavy (non-hydrogen) atoms. The van der Waals surface area contributed by atoms with Gasteiger partial charge in [0.1, 0.15) is 5.82 Å². The van der Waals surface area contributed by atoms with Gasteiger partial charge >= 0.3 is 5.97 Å². The third kappa shape index (κ3) is 2.38. The van der Waals surface area contributed by atoms with Gasteiger partial charge in [-0.15, -0.1) is 0 Å². The van der Waals surface area contributed by atoms with Gasteiger partial charge in [0.2, 0.25) is 0 Å². The maximum Gasteiger partial charge on any atom is 0.356 e. The number of halogens is 1. The highest BCUT2D eigenvalue weighted by molar-refractivity contribution is 6.33. The van der Waals surface area contributed by atoms with E-state index in [-0.39, 0.29) is 5.69 Å². The fraction of sp³-hybridized carbons (Fsp3) is 0.0588. The van der Waals surface area contributed by atoms with Crippen LogP contribution in [-0.2, 0) is 7.05 Å². The first kappa shape index (κ1) is 14.4. The van der Waals surface area contributed by atoms with Gasteiger partial charge in [0.15, 0.2) is 5.69 Å². The molecule has 0 amide bonds. The van der Waals surface area contributed by atoms with Gasteiger partial charge in [-0.25, -0.2) is 9.78 Å². The molecule has 0 unspecified atom stereocenters. The van der Waals surface area contributed by atoms with E-state index in [0.717, 1.165) is 5.56 Å². The predicted octanol–water partition coefficient (Wildman–Crippen LogP) is 4.11. The second-order valence-electron chi connectivity index (χ2n) is 4.84. The smallest absolute Gasteiger partial charge is 0.356 e. The topological polar surface area (TPSA) is 55.1 Å². The van der Waals surface area contributed by atoms with Gasteiger partial charge < -0.3 is 9.67 Å². The average molecular weight is 313 g/mol. The summed E-state index contributed by atoms with van der Waals surface area (Å²) in [4.78, 5) is 15.9. The third-order valence-corrected chi connectivity index (χ3v) is 3.79. The van der Waals surface area contributed by atoms with E-state index in [9.17, 15) is 9.90 Å². The lowest BCUT2D eigenvalue weighted by atomic mass is 10.1. The lowest BCUT2D eigenvalue weighted by molar-refractivity contribution is 0.0692. The first-order chi connectivity index (χ1) is 10.6. The summed E-state index contributed by atoms with van der Waals surface area (Å²) in [6.45, 7) is 0. The highest BCUT2D eigenvalue weighted by Crippen LogP contribution is 2.33. The second-order valence-corrected chi connectivity index (χ2v) is 5.25. The van der Waals surface area contributed by atoms with Gasteiger partial charge in [0.05, 0.1) is 5.69 Å². The minimum atomic E-state index is -1.08. The Morgan fingerprint density at radius 3 is 2.36 bits per heavy atom. The predicted molar refractivity (Wildman–Crippen MR) is 86.0 cm³/mol. The Bertz CT molecular complexity index is 841. The molecule has 0 aliphatic rings. The highest BCUT2D eigenvalue weighted by Gasteiger charge is 2.23. The number of hydrogen-bond acceptors (Lipinski definition) is 2. The summed E-state index contributed by atoms with van der Waals surface area (Å²) in [5.74, 6) is -0.486. The van der Waals surface area contributed by atoms with Crippen molar-refractivity contribution in [1.29, 1.82) is 0 Å². The molecule has 1 N–H and O–H groups in total. The number of carboxylic acids is 1. The van der Waals surface area contributed by atoms with Crippen LogP contribution in [0.4, 0.5) is 0 Å². The number of hydrogen-bond donors (Lipinski definition) is 1. The summed E-state index contributed by atoms with van der Waals surface area (Å²) in [5, 5.41) is 9.98. The van der Waals surface area contributed by atoms with E-state index >= 15 is 0 Å². The maximum atomic E-state index is 11.6. The van der Waals surface area contributed by atoms with E-state index in [1.807, 2.05) is 36.4 Å². The molecule has 0 fully saturated rings. The van der Waals surface area contributed by atoms with E-state index in [1.165, 1.54) is 0 Å². The van der Waals surface area contributed by atoms with Crippen LogP contribution in [0.1, 0.15) is 10.5 Å². The Labute approximate surface area is 132 Å². The molecule has 110 valence electrons. The number of aromatic nitrogens is 2. The van der Waals surface area contributed by atoms with Gasteiger partial charge in [0.25, 0.3) is 0 Å². The number of benzene rings is 2. The van der Waals surface area contributed by atoms with Crippen molar-refractivity contribution in [3.05, 3.63) is 65.3 Å². The van der Waals surface area contributed by atoms with Crippen LogP contribution in [0.15, 0.2) is 54.6 Å². The molecule has 3 rings (SSSR count). The molecule has 0 aliphatic carbocycles. The summed E-state index contributed by atoms with van der Waals surface area (Å²) in [6.07, 6.45) is 0. The first-order valence-electron chi connectivity index (χ1n) is 6.70. The van der Waals surface area contributed by atoms with E-state index in [2.05, 4.69) is 4.98 Å². The molecule has 1 heterocycles. The van der Waals surface area contributed by atoms with E-state index in [1.54, 1.807) is 29.8 Å². The van der Waals surface area contributed by atoms with E-state index in [0.29, 0.717) is 22.1 Å². The number of carbonyl (C=O) groups is 1. The molecule has 0 atom stereocenters. The molecule has 5 heteroatoms. The van der Waals surface area contributed by atoms with Crippen molar-refractivity contribution in [2.75, 3.05) is 0 Å². The van der Waals surface area contributed by atoms with Gasteiger partial charge in [0, 0.05) is 23.2 Å². The zero-order chi connectivity index (χ0) is 15.7. The van der Waals surface area contributed by atoms with Crippen LogP contribution in [0, 0.1) is 0 Å². The lowest BCUT2D eigenvalue weighted by Crippen LogP contribution is -2.01. The van der Waals surface area contributed by atoms with Crippen LogP contribution >= 0.6 is 11.6 Å². The molecule has 2 aromatic carbocycles. The fourth-order valence-corrected chi connectivity index (χ4v) is 2.68. The summed E-state index contributed by atoms with van der Waals surface area (Å²) in [6, 6.07) is 16.6. The Hall–Kier alpha value is -2.59. The molecule has 3 aromatic rings. The lowest BCUT2D eigenvalue weighted by Gasteiger charge is -2.08. The normalized spacial score (nSPS) is 10.6. The van der Waals surface area contributed by atoms with Crippen molar-refractivity contribution in [3.63, 3.8) is 0 Å². The Kier molecular flexibility index (Phi) is 3.69. The summed E-state index contributed by atoms with van der Waals surface area (Å²) in [5.41, 5.74) is 2.00. The van der Waals surface area contributed by atoms with Crippen molar-refractivity contribution >= 4 is 17.6 Å². The molecule has 0 saturated carbocycles. The summed E-state index contributed by atoms with van der Waals surface area (Å²) in [7, 11) is 1.79. The molecule has 0 radical (unpaired) electrons. The van der Waals surface area contributed by atoms with Gasteiger partial charge in [-0.3, -0.25) is 0 Å². The van der Waals surface area contributed by atoms with Crippen molar-refractivity contribution in [1.82, 2.24) is 9.55 Å². The third-order valence-electron chi connectivity index (χ3n) is 3.46. The zero-order valence-corrected chi connectivity index (χ0v) is 12.6. The standard InChI is InChI=1S/C17H13ClN2O2/c1-20-15(12-9-5-6-10-13(12)18)14(17(21)22)19-16(20)11-7-3-2-4-8-11/h2-10H,1H3,(H,21,22). The molecular weight excluding hydrogens is 300 g/mol. The zero-order valence-electron chi connectivity index (χ0n) is 11.8.